The summed E-state index contributed by atoms with van der Waals surface area (Å²) in [5.41, 5.74) is 0.901. The van der Waals surface area contributed by atoms with Crippen LogP contribution < -0.4 is 0 Å². The van der Waals surface area contributed by atoms with Crippen LogP contribution in [0.5, 0.6) is 0 Å². The van der Waals surface area contributed by atoms with Crippen molar-refractivity contribution in [2.24, 2.45) is 0 Å². The van der Waals surface area contributed by atoms with Crippen molar-refractivity contribution >= 4 is 5.97 Å². The lowest BCUT2D eigenvalue weighted by atomic mass is 10.3. The highest BCUT2D eigenvalue weighted by Crippen LogP contribution is 1.95. The number of carbonyl (C=O) groups excluding carboxylic acids is 1. The fourth-order valence-electron chi connectivity index (χ4n) is 0.491. The number of hydrogen-bond donors (Lipinski definition) is 0. The van der Waals surface area contributed by atoms with Crippen molar-refractivity contribution in [1.29, 1.82) is 0 Å². The van der Waals surface area contributed by atoms with Gasteiger partial charge in [-0.2, -0.15) is 0 Å². The van der Waals surface area contributed by atoms with Crippen molar-refractivity contribution in [2.45, 2.75) is 20.8 Å². The SMILES string of the molecule is CCO/C=C(C)/C=C/OC(C)=O. The summed E-state index contributed by atoms with van der Waals surface area (Å²) in [5.74, 6) is -0.324. The zero-order chi connectivity index (χ0) is 9.40. The van der Waals surface area contributed by atoms with Crippen LogP contribution in [-0.2, 0) is 14.3 Å². The fraction of sp³-hybridized carbons (Fsp3) is 0.444. The Balaban J connectivity index is 3.74. The maximum Gasteiger partial charge on any atom is 0.307 e. The average molecular weight is 170 g/mol. The van der Waals surface area contributed by atoms with Crippen LogP contribution in [0.1, 0.15) is 20.8 Å². The van der Waals surface area contributed by atoms with Crippen molar-refractivity contribution in [1.82, 2.24) is 0 Å². The van der Waals surface area contributed by atoms with Crippen LogP contribution in [0, 0.1) is 0 Å². The molecule has 0 atom stereocenters. The molecule has 3 heteroatoms. The molecular formula is C9H14O3. The van der Waals surface area contributed by atoms with Gasteiger partial charge >= 0.3 is 5.97 Å². The minimum Gasteiger partial charge on any atom is -0.501 e. The Bertz CT molecular complexity index is 192. The highest BCUT2D eigenvalue weighted by molar-refractivity contribution is 5.66. The first-order valence-electron chi connectivity index (χ1n) is 3.79. The monoisotopic (exact) mass is 170 g/mol. The third-order valence-electron chi connectivity index (χ3n) is 1.00. The van der Waals surface area contributed by atoms with Gasteiger partial charge in [-0.3, -0.25) is 4.79 Å². The van der Waals surface area contributed by atoms with E-state index in [1.165, 1.54) is 13.2 Å². The summed E-state index contributed by atoms with van der Waals surface area (Å²) in [6.07, 6.45) is 4.62. The van der Waals surface area contributed by atoms with Crippen LogP contribution in [0.4, 0.5) is 0 Å². The maximum atomic E-state index is 10.3. The molecule has 12 heavy (non-hydrogen) atoms. The first-order valence-corrected chi connectivity index (χ1v) is 3.79. The molecule has 0 amide bonds. The smallest absolute Gasteiger partial charge is 0.307 e. The molecule has 0 aliphatic rings. The fourth-order valence-corrected chi connectivity index (χ4v) is 0.491. The van der Waals surface area contributed by atoms with Crippen LogP contribution in [0.3, 0.4) is 0 Å². The lowest BCUT2D eigenvalue weighted by Gasteiger charge is -1.95. The summed E-state index contributed by atoms with van der Waals surface area (Å²) in [6.45, 7) is 5.75. The van der Waals surface area contributed by atoms with Crippen LogP contribution in [-0.4, -0.2) is 12.6 Å². The Kier molecular flexibility index (Phi) is 5.79. The summed E-state index contributed by atoms with van der Waals surface area (Å²) in [4.78, 5) is 10.3. The molecule has 0 heterocycles. The second-order valence-electron chi connectivity index (χ2n) is 2.23. The molecule has 0 aromatic heterocycles. The molecule has 0 fully saturated rings. The van der Waals surface area contributed by atoms with E-state index in [-0.39, 0.29) is 5.97 Å². The second kappa shape index (κ2) is 6.46. The zero-order valence-corrected chi connectivity index (χ0v) is 7.66. The van der Waals surface area contributed by atoms with Gasteiger partial charge in [0.05, 0.1) is 19.1 Å². The van der Waals surface area contributed by atoms with E-state index in [4.69, 9.17) is 4.74 Å². The van der Waals surface area contributed by atoms with Gasteiger partial charge in [-0.1, -0.05) is 0 Å². The Morgan fingerprint density at radius 3 is 2.58 bits per heavy atom. The van der Waals surface area contributed by atoms with Crippen LogP contribution >= 0.6 is 0 Å². The Morgan fingerprint density at radius 1 is 1.42 bits per heavy atom. The van der Waals surface area contributed by atoms with E-state index < -0.39 is 0 Å². The highest BCUT2D eigenvalue weighted by Gasteiger charge is 1.85. The van der Waals surface area contributed by atoms with Gasteiger partial charge in [0.1, 0.15) is 0 Å². The molecule has 0 aliphatic carbocycles. The van der Waals surface area contributed by atoms with Crippen LogP contribution in [0.2, 0.25) is 0 Å². The molecule has 0 bridgehead atoms. The van der Waals surface area contributed by atoms with Gasteiger partial charge in [0.2, 0.25) is 0 Å². The largest absolute Gasteiger partial charge is 0.501 e. The molecular weight excluding hydrogens is 156 g/mol. The summed E-state index contributed by atoms with van der Waals surface area (Å²) in [7, 11) is 0. The van der Waals surface area contributed by atoms with Crippen molar-refractivity contribution < 1.29 is 14.3 Å². The molecule has 0 aromatic carbocycles. The van der Waals surface area contributed by atoms with E-state index in [0.29, 0.717) is 6.61 Å². The Hall–Kier alpha value is -1.25. The zero-order valence-electron chi connectivity index (χ0n) is 7.66. The maximum absolute atomic E-state index is 10.3. The minimum atomic E-state index is -0.324. The van der Waals surface area contributed by atoms with Crippen LogP contribution in [0.15, 0.2) is 24.2 Å². The van der Waals surface area contributed by atoms with Gasteiger partial charge in [-0.05, 0) is 25.5 Å². The molecule has 68 valence electrons. The van der Waals surface area contributed by atoms with Crippen LogP contribution in [0.25, 0.3) is 0 Å². The third-order valence-corrected chi connectivity index (χ3v) is 1.00. The van der Waals surface area contributed by atoms with Gasteiger partial charge in [0, 0.05) is 6.92 Å². The number of carbonyl (C=O) groups is 1. The van der Waals surface area contributed by atoms with Gasteiger partial charge in [-0.25, -0.2) is 0 Å². The van der Waals surface area contributed by atoms with E-state index in [2.05, 4.69) is 4.74 Å². The van der Waals surface area contributed by atoms with Crippen molar-refractivity contribution in [2.75, 3.05) is 6.61 Å². The quantitative estimate of drug-likeness (QED) is 0.368. The van der Waals surface area contributed by atoms with Crippen molar-refractivity contribution in [3.8, 4) is 0 Å². The topological polar surface area (TPSA) is 35.5 Å². The third kappa shape index (κ3) is 6.86. The lowest BCUT2D eigenvalue weighted by molar-refractivity contribution is -0.135. The number of ether oxygens (including phenoxy) is 2. The summed E-state index contributed by atoms with van der Waals surface area (Å²) in [6, 6.07) is 0. The van der Waals surface area contributed by atoms with E-state index in [0.717, 1.165) is 5.57 Å². The molecule has 0 spiro atoms. The molecule has 0 rings (SSSR count). The molecule has 3 nitrogen and oxygen atoms in total. The predicted octanol–water partition coefficient (Wildman–Crippen LogP) is 2.00. The summed E-state index contributed by atoms with van der Waals surface area (Å²) in [5, 5.41) is 0. The highest BCUT2D eigenvalue weighted by atomic mass is 16.5. The van der Waals surface area contributed by atoms with E-state index in [1.54, 1.807) is 12.3 Å². The first kappa shape index (κ1) is 10.8. The second-order valence-corrected chi connectivity index (χ2v) is 2.23. The van der Waals surface area contributed by atoms with Gasteiger partial charge in [0.25, 0.3) is 0 Å². The van der Waals surface area contributed by atoms with Gasteiger partial charge < -0.3 is 9.47 Å². The van der Waals surface area contributed by atoms with Crippen molar-refractivity contribution in [3.05, 3.63) is 24.2 Å². The Morgan fingerprint density at radius 2 is 2.08 bits per heavy atom. The summed E-state index contributed by atoms with van der Waals surface area (Å²) >= 11 is 0. The molecule has 0 radical (unpaired) electrons. The Labute approximate surface area is 72.7 Å². The standard InChI is InChI=1S/C9H14O3/c1-4-11-7-8(2)5-6-12-9(3)10/h5-7H,4H2,1-3H3/b6-5+,8-7+. The first-order chi connectivity index (χ1) is 5.66. The van der Waals surface area contributed by atoms with E-state index >= 15 is 0 Å². The molecule has 0 unspecified atom stereocenters. The number of esters is 1. The van der Waals surface area contributed by atoms with Gasteiger partial charge in [0.15, 0.2) is 0 Å². The molecule has 0 saturated heterocycles. The molecule has 0 aliphatic heterocycles. The number of rotatable bonds is 4. The summed E-state index contributed by atoms with van der Waals surface area (Å²) < 4.78 is 9.58. The minimum absolute atomic E-state index is 0.324. The number of allylic oxidation sites excluding steroid dienone is 2. The molecule has 0 N–H and O–H groups in total. The van der Waals surface area contributed by atoms with Gasteiger partial charge in [-0.15, -0.1) is 0 Å². The molecule has 0 aromatic rings. The van der Waals surface area contributed by atoms with Crippen molar-refractivity contribution in [3.63, 3.8) is 0 Å². The number of hydrogen-bond acceptors (Lipinski definition) is 3. The van der Waals surface area contributed by atoms with E-state index in [1.807, 2.05) is 13.8 Å². The normalized spacial score (nSPS) is 11.8. The lowest BCUT2D eigenvalue weighted by Crippen LogP contribution is -1.89. The predicted molar refractivity (Wildman–Crippen MR) is 46.3 cm³/mol. The average Bonchev–Trinajstić information content (AvgIpc) is 2.00. The molecule has 0 saturated carbocycles. The van der Waals surface area contributed by atoms with E-state index in [9.17, 15) is 4.79 Å².